The van der Waals surface area contributed by atoms with Gasteiger partial charge in [0.25, 0.3) is 0 Å². The van der Waals surface area contributed by atoms with Crippen LogP contribution in [0.4, 0.5) is 8.78 Å². The average molecular weight is 241 g/mol. The van der Waals surface area contributed by atoms with Crippen LogP contribution in [-0.2, 0) is 11.2 Å². The van der Waals surface area contributed by atoms with E-state index in [1.807, 2.05) is 0 Å². The van der Waals surface area contributed by atoms with Crippen LogP contribution in [0.3, 0.4) is 0 Å². The molecule has 1 rings (SSSR count). The lowest BCUT2D eigenvalue weighted by atomic mass is 10.0. The minimum atomic E-state index is -0.652. The smallest absolute Gasteiger partial charge is 0.137 e. The van der Waals surface area contributed by atoms with Gasteiger partial charge in [-0.25, -0.2) is 8.78 Å². The molecule has 0 atom stereocenters. The van der Waals surface area contributed by atoms with Gasteiger partial charge in [-0.1, -0.05) is 12.5 Å². The van der Waals surface area contributed by atoms with Crippen LogP contribution in [0.2, 0.25) is 0 Å². The van der Waals surface area contributed by atoms with Crippen molar-refractivity contribution in [2.45, 2.75) is 32.1 Å². The fourth-order valence-corrected chi connectivity index (χ4v) is 1.61. The topological polar surface area (TPSA) is 43.1 Å². The van der Waals surface area contributed by atoms with E-state index in [0.717, 1.165) is 25.3 Å². The Morgan fingerprint density at radius 1 is 1.18 bits per heavy atom. The summed E-state index contributed by atoms with van der Waals surface area (Å²) in [6.07, 6.45) is 3.05. The van der Waals surface area contributed by atoms with Gasteiger partial charge in [0.05, 0.1) is 0 Å². The number of unbranched alkanes of at least 4 members (excludes halogenated alkanes) is 2. The Labute approximate surface area is 99.8 Å². The highest BCUT2D eigenvalue weighted by atomic mass is 19.1. The monoisotopic (exact) mass is 241 g/mol. The normalized spacial score (nSPS) is 10.5. The standard InChI is InChI=1S/C13H17F2NO/c14-11-6-5-10(13(15)9-11)8-12(17)4-2-1-3-7-16/h5-6,9H,1-4,7-8,16H2. The third-order valence-corrected chi connectivity index (χ3v) is 2.56. The minimum Gasteiger partial charge on any atom is -0.330 e. The highest BCUT2D eigenvalue weighted by molar-refractivity contribution is 5.80. The molecule has 0 spiro atoms. The summed E-state index contributed by atoms with van der Waals surface area (Å²) < 4.78 is 25.9. The molecule has 0 aliphatic rings. The fraction of sp³-hybridized carbons (Fsp3) is 0.462. The van der Waals surface area contributed by atoms with Gasteiger partial charge in [-0.05, 0) is 31.0 Å². The van der Waals surface area contributed by atoms with Crippen LogP contribution in [0.5, 0.6) is 0 Å². The fourth-order valence-electron chi connectivity index (χ4n) is 1.61. The maximum Gasteiger partial charge on any atom is 0.137 e. The number of carbonyl (C=O) groups excluding carboxylic acids is 1. The predicted octanol–water partition coefficient (Wildman–Crippen LogP) is 2.60. The van der Waals surface area contributed by atoms with Crippen molar-refractivity contribution in [2.24, 2.45) is 5.73 Å². The summed E-state index contributed by atoms with van der Waals surface area (Å²) in [7, 11) is 0. The highest BCUT2D eigenvalue weighted by Crippen LogP contribution is 2.12. The lowest BCUT2D eigenvalue weighted by Crippen LogP contribution is -2.05. The summed E-state index contributed by atoms with van der Waals surface area (Å²) in [5, 5.41) is 0. The van der Waals surface area contributed by atoms with Gasteiger partial charge >= 0.3 is 0 Å². The van der Waals surface area contributed by atoms with Crippen molar-refractivity contribution in [3.63, 3.8) is 0 Å². The van der Waals surface area contributed by atoms with Crippen molar-refractivity contribution in [3.05, 3.63) is 35.4 Å². The molecule has 0 unspecified atom stereocenters. The molecule has 0 amide bonds. The Bertz CT molecular complexity index is 380. The van der Waals surface area contributed by atoms with Crippen molar-refractivity contribution in [3.8, 4) is 0 Å². The molecule has 0 bridgehead atoms. The molecular formula is C13H17F2NO. The summed E-state index contributed by atoms with van der Waals surface area (Å²) in [4.78, 5) is 11.5. The van der Waals surface area contributed by atoms with E-state index in [1.165, 1.54) is 12.1 Å². The molecule has 0 aromatic heterocycles. The van der Waals surface area contributed by atoms with Crippen molar-refractivity contribution in [1.82, 2.24) is 0 Å². The number of benzene rings is 1. The zero-order valence-electron chi connectivity index (χ0n) is 9.72. The van der Waals surface area contributed by atoms with Crippen LogP contribution < -0.4 is 5.73 Å². The number of carbonyl (C=O) groups is 1. The van der Waals surface area contributed by atoms with Gasteiger partial charge in [-0.2, -0.15) is 0 Å². The van der Waals surface area contributed by atoms with E-state index in [2.05, 4.69) is 0 Å². The second kappa shape index (κ2) is 7.12. The number of hydrogen-bond donors (Lipinski definition) is 1. The summed E-state index contributed by atoms with van der Waals surface area (Å²) >= 11 is 0. The van der Waals surface area contributed by atoms with Gasteiger partial charge in [0.15, 0.2) is 0 Å². The van der Waals surface area contributed by atoms with Crippen LogP contribution in [-0.4, -0.2) is 12.3 Å². The molecule has 4 heteroatoms. The number of hydrogen-bond acceptors (Lipinski definition) is 2. The second-order valence-corrected chi connectivity index (χ2v) is 4.05. The first kappa shape index (κ1) is 13.8. The molecule has 0 radical (unpaired) electrons. The Kier molecular flexibility index (Phi) is 5.77. The molecule has 1 aromatic rings. The van der Waals surface area contributed by atoms with Crippen molar-refractivity contribution in [2.75, 3.05) is 6.54 Å². The van der Waals surface area contributed by atoms with Crippen LogP contribution >= 0.6 is 0 Å². The van der Waals surface area contributed by atoms with Crippen molar-refractivity contribution >= 4 is 5.78 Å². The number of rotatable bonds is 7. The van der Waals surface area contributed by atoms with Gasteiger partial charge in [-0.15, -0.1) is 0 Å². The van der Waals surface area contributed by atoms with Gasteiger partial charge in [-0.3, -0.25) is 4.79 Å². The van der Waals surface area contributed by atoms with E-state index in [-0.39, 0.29) is 17.8 Å². The molecule has 0 saturated heterocycles. The van der Waals surface area contributed by atoms with E-state index in [1.54, 1.807) is 0 Å². The minimum absolute atomic E-state index is 0.0208. The Morgan fingerprint density at radius 3 is 2.59 bits per heavy atom. The Balaban J connectivity index is 2.40. The third kappa shape index (κ3) is 5.04. The maximum absolute atomic E-state index is 13.2. The van der Waals surface area contributed by atoms with Gasteiger partial charge < -0.3 is 5.73 Å². The van der Waals surface area contributed by atoms with Gasteiger partial charge in [0.2, 0.25) is 0 Å². The number of ketones is 1. The van der Waals surface area contributed by atoms with Gasteiger partial charge in [0.1, 0.15) is 17.4 Å². The lowest BCUT2D eigenvalue weighted by Gasteiger charge is -2.03. The SMILES string of the molecule is NCCCCCC(=O)Cc1ccc(F)cc1F. The third-order valence-electron chi connectivity index (χ3n) is 2.56. The van der Waals surface area contributed by atoms with Gasteiger partial charge in [0, 0.05) is 18.9 Å². The lowest BCUT2D eigenvalue weighted by molar-refractivity contribution is -0.118. The Hall–Kier alpha value is -1.29. The van der Waals surface area contributed by atoms with Crippen LogP contribution in [0.15, 0.2) is 18.2 Å². The molecule has 2 N–H and O–H groups in total. The molecule has 17 heavy (non-hydrogen) atoms. The Morgan fingerprint density at radius 2 is 1.94 bits per heavy atom. The predicted molar refractivity (Wildman–Crippen MR) is 62.6 cm³/mol. The number of halogens is 2. The van der Waals surface area contributed by atoms with E-state index < -0.39 is 11.6 Å². The largest absolute Gasteiger partial charge is 0.330 e. The first-order valence-corrected chi connectivity index (χ1v) is 5.79. The molecule has 1 aromatic carbocycles. The molecule has 0 fully saturated rings. The number of nitrogens with two attached hydrogens (primary N) is 1. The van der Waals surface area contributed by atoms with E-state index >= 15 is 0 Å². The van der Waals surface area contributed by atoms with Crippen molar-refractivity contribution in [1.29, 1.82) is 0 Å². The zero-order chi connectivity index (χ0) is 12.7. The molecular weight excluding hydrogens is 224 g/mol. The second-order valence-electron chi connectivity index (χ2n) is 4.05. The van der Waals surface area contributed by atoms with E-state index in [9.17, 15) is 13.6 Å². The first-order valence-electron chi connectivity index (χ1n) is 5.79. The van der Waals surface area contributed by atoms with E-state index in [0.29, 0.717) is 13.0 Å². The number of Topliss-reactive ketones (excluding diaryl/α,β-unsaturated/α-hetero) is 1. The molecule has 0 saturated carbocycles. The molecule has 0 heterocycles. The van der Waals surface area contributed by atoms with Crippen LogP contribution in [0, 0.1) is 11.6 Å². The summed E-state index contributed by atoms with van der Waals surface area (Å²) in [6.45, 7) is 0.626. The quantitative estimate of drug-likeness (QED) is 0.746. The maximum atomic E-state index is 13.2. The summed E-state index contributed by atoms with van der Waals surface area (Å²) in [6, 6.07) is 3.29. The first-order chi connectivity index (χ1) is 8.13. The summed E-state index contributed by atoms with van der Waals surface area (Å²) in [5.74, 6) is -1.30. The summed E-state index contributed by atoms with van der Waals surface area (Å²) in [5.41, 5.74) is 5.59. The molecule has 2 nitrogen and oxygen atoms in total. The average Bonchev–Trinajstić information content (AvgIpc) is 2.28. The van der Waals surface area contributed by atoms with E-state index in [4.69, 9.17) is 5.73 Å². The molecule has 0 aliphatic heterocycles. The van der Waals surface area contributed by atoms with Crippen LogP contribution in [0.25, 0.3) is 0 Å². The zero-order valence-corrected chi connectivity index (χ0v) is 9.72. The van der Waals surface area contributed by atoms with Crippen molar-refractivity contribution < 1.29 is 13.6 Å². The molecule has 0 aliphatic carbocycles. The highest BCUT2D eigenvalue weighted by Gasteiger charge is 2.08. The van der Waals surface area contributed by atoms with Crippen LogP contribution in [0.1, 0.15) is 31.2 Å². The molecule has 94 valence electrons.